The van der Waals surface area contributed by atoms with E-state index < -0.39 is 0 Å². The number of azide groups is 1. The lowest BCUT2D eigenvalue weighted by Gasteiger charge is -2.04. The Labute approximate surface area is 100 Å². The van der Waals surface area contributed by atoms with Crippen LogP contribution in [0.4, 0.5) is 4.39 Å². The summed E-state index contributed by atoms with van der Waals surface area (Å²) in [6.07, 6.45) is 1.32. The van der Waals surface area contributed by atoms with Crippen molar-refractivity contribution in [3.8, 4) is 0 Å². The lowest BCUT2D eigenvalue weighted by atomic mass is 10.1. The van der Waals surface area contributed by atoms with Gasteiger partial charge in [-0.2, -0.15) is 0 Å². The van der Waals surface area contributed by atoms with E-state index in [9.17, 15) is 4.39 Å². The zero-order chi connectivity index (χ0) is 12.3. The quantitative estimate of drug-likeness (QED) is 0.321. The minimum atomic E-state index is -0.272. The van der Waals surface area contributed by atoms with Crippen LogP contribution >= 0.6 is 0 Å². The SMILES string of the molecule is [N-]=[N+]=NCCc1ccc(CNCCCF)cc1. The smallest absolute Gasteiger partial charge is 0.0906 e. The molecular weight excluding hydrogens is 219 g/mol. The number of hydrogen-bond acceptors (Lipinski definition) is 2. The molecule has 1 rings (SSSR count). The molecule has 0 atom stereocenters. The van der Waals surface area contributed by atoms with Crippen LogP contribution < -0.4 is 5.32 Å². The van der Waals surface area contributed by atoms with Gasteiger partial charge in [0, 0.05) is 18.0 Å². The van der Waals surface area contributed by atoms with E-state index in [0.29, 0.717) is 19.5 Å². The van der Waals surface area contributed by atoms with E-state index in [4.69, 9.17) is 5.53 Å². The molecule has 0 unspecified atom stereocenters. The average Bonchev–Trinajstić information content (AvgIpc) is 2.37. The van der Waals surface area contributed by atoms with Crippen LogP contribution in [0.15, 0.2) is 29.4 Å². The predicted molar refractivity (Wildman–Crippen MR) is 66.5 cm³/mol. The molecule has 0 bridgehead atoms. The third kappa shape index (κ3) is 5.90. The highest BCUT2D eigenvalue weighted by Gasteiger charge is 1.95. The van der Waals surface area contributed by atoms with Crippen LogP contribution in [-0.4, -0.2) is 19.8 Å². The van der Waals surface area contributed by atoms with Crippen LogP contribution in [0.2, 0.25) is 0 Å². The molecule has 92 valence electrons. The van der Waals surface area contributed by atoms with Gasteiger partial charge in [0.1, 0.15) is 0 Å². The van der Waals surface area contributed by atoms with Gasteiger partial charge in [-0.1, -0.05) is 29.4 Å². The normalized spacial score (nSPS) is 9.94. The Kier molecular flexibility index (Phi) is 6.79. The van der Waals surface area contributed by atoms with Gasteiger partial charge in [0.25, 0.3) is 0 Å². The molecule has 4 nitrogen and oxygen atoms in total. The molecule has 0 amide bonds. The van der Waals surface area contributed by atoms with Crippen LogP contribution in [-0.2, 0) is 13.0 Å². The highest BCUT2D eigenvalue weighted by molar-refractivity contribution is 5.22. The second-order valence-electron chi connectivity index (χ2n) is 3.74. The average molecular weight is 236 g/mol. The Balaban J connectivity index is 2.31. The van der Waals surface area contributed by atoms with Crippen molar-refractivity contribution in [1.29, 1.82) is 0 Å². The molecule has 0 radical (unpaired) electrons. The zero-order valence-electron chi connectivity index (χ0n) is 9.77. The van der Waals surface area contributed by atoms with E-state index >= 15 is 0 Å². The molecule has 1 aromatic carbocycles. The molecule has 0 saturated carbocycles. The molecule has 0 aromatic heterocycles. The molecule has 0 aliphatic carbocycles. The summed E-state index contributed by atoms with van der Waals surface area (Å²) in [6, 6.07) is 8.12. The van der Waals surface area contributed by atoms with E-state index in [1.165, 1.54) is 5.56 Å². The van der Waals surface area contributed by atoms with E-state index in [1.807, 2.05) is 24.3 Å². The molecule has 0 heterocycles. The number of hydrogen-bond donors (Lipinski definition) is 1. The van der Waals surface area contributed by atoms with Gasteiger partial charge in [-0.25, -0.2) is 0 Å². The van der Waals surface area contributed by atoms with Crippen LogP contribution in [0, 0.1) is 0 Å². The van der Waals surface area contributed by atoms with Crippen LogP contribution in [0.1, 0.15) is 17.5 Å². The van der Waals surface area contributed by atoms with Gasteiger partial charge in [0.15, 0.2) is 0 Å². The van der Waals surface area contributed by atoms with Crippen LogP contribution in [0.5, 0.6) is 0 Å². The molecule has 0 spiro atoms. The largest absolute Gasteiger partial charge is 0.313 e. The number of nitrogens with zero attached hydrogens (tertiary/aromatic N) is 3. The maximum absolute atomic E-state index is 11.8. The Hall–Kier alpha value is -1.58. The lowest BCUT2D eigenvalue weighted by molar-refractivity contribution is 0.459. The number of rotatable bonds is 8. The first-order chi connectivity index (χ1) is 8.36. The summed E-state index contributed by atoms with van der Waals surface area (Å²) in [5.74, 6) is 0. The number of halogens is 1. The third-order valence-corrected chi connectivity index (χ3v) is 2.40. The van der Waals surface area contributed by atoms with Gasteiger partial charge < -0.3 is 5.32 Å². The Morgan fingerprint density at radius 2 is 1.94 bits per heavy atom. The van der Waals surface area contributed by atoms with E-state index in [1.54, 1.807) is 0 Å². The summed E-state index contributed by atoms with van der Waals surface area (Å²) < 4.78 is 11.8. The molecule has 1 aromatic rings. The van der Waals surface area contributed by atoms with Gasteiger partial charge >= 0.3 is 0 Å². The Morgan fingerprint density at radius 3 is 2.59 bits per heavy atom. The van der Waals surface area contributed by atoms with Crippen molar-refractivity contribution in [3.05, 3.63) is 45.8 Å². The zero-order valence-corrected chi connectivity index (χ0v) is 9.77. The molecule has 5 heteroatoms. The number of nitrogens with one attached hydrogen (secondary N) is 1. The second kappa shape index (κ2) is 8.56. The third-order valence-electron chi connectivity index (χ3n) is 2.40. The number of benzene rings is 1. The minimum absolute atomic E-state index is 0.272. The van der Waals surface area contributed by atoms with Gasteiger partial charge in [0.05, 0.1) is 6.67 Å². The molecule has 0 aliphatic rings. The monoisotopic (exact) mass is 236 g/mol. The summed E-state index contributed by atoms with van der Waals surface area (Å²) >= 11 is 0. The fourth-order valence-corrected chi connectivity index (χ4v) is 1.47. The molecular formula is C12H17FN4. The Bertz CT molecular complexity index is 357. The summed E-state index contributed by atoms with van der Waals surface area (Å²) in [6.45, 7) is 1.68. The highest BCUT2D eigenvalue weighted by Crippen LogP contribution is 2.05. The molecule has 0 fully saturated rings. The molecule has 0 saturated heterocycles. The van der Waals surface area contributed by atoms with Crippen molar-refractivity contribution in [3.63, 3.8) is 0 Å². The van der Waals surface area contributed by atoms with Gasteiger partial charge in [-0.3, -0.25) is 4.39 Å². The van der Waals surface area contributed by atoms with Crippen molar-refractivity contribution in [2.45, 2.75) is 19.4 Å². The van der Waals surface area contributed by atoms with E-state index in [2.05, 4.69) is 15.3 Å². The highest BCUT2D eigenvalue weighted by atomic mass is 19.1. The Morgan fingerprint density at radius 1 is 1.24 bits per heavy atom. The topological polar surface area (TPSA) is 60.8 Å². The van der Waals surface area contributed by atoms with Gasteiger partial charge in [-0.15, -0.1) is 0 Å². The summed E-state index contributed by atoms with van der Waals surface area (Å²) in [5.41, 5.74) is 10.5. The maximum Gasteiger partial charge on any atom is 0.0906 e. The maximum atomic E-state index is 11.8. The predicted octanol–water partition coefficient (Wildman–Crippen LogP) is 2.99. The summed E-state index contributed by atoms with van der Waals surface area (Å²) in [5, 5.41) is 6.66. The first-order valence-corrected chi connectivity index (χ1v) is 5.72. The van der Waals surface area contributed by atoms with Crippen LogP contribution in [0.25, 0.3) is 10.4 Å². The summed E-state index contributed by atoms with van der Waals surface area (Å²) in [7, 11) is 0. The first kappa shape index (κ1) is 13.5. The fraction of sp³-hybridized carbons (Fsp3) is 0.500. The van der Waals surface area contributed by atoms with Crippen molar-refractivity contribution >= 4 is 0 Å². The van der Waals surface area contributed by atoms with E-state index in [0.717, 1.165) is 18.5 Å². The summed E-state index contributed by atoms with van der Waals surface area (Å²) in [4.78, 5) is 2.71. The fourth-order valence-electron chi connectivity index (χ4n) is 1.47. The molecule has 0 aliphatic heterocycles. The number of alkyl halides is 1. The molecule has 1 N–H and O–H groups in total. The van der Waals surface area contributed by atoms with Crippen LogP contribution in [0.3, 0.4) is 0 Å². The van der Waals surface area contributed by atoms with Crippen molar-refractivity contribution in [1.82, 2.24) is 5.32 Å². The van der Waals surface area contributed by atoms with Crippen molar-refractivity contribution in [2.24, 2.45) is 5.11 Å². The van der Waals surface area contributed by atoms with Crippen molar-refractivity contribution < 1.29 is 4.39 Å². The van der Waals surface area contributed by atoms with Crippen molar-refractivity contribution in [2.75, 3.05) is 19.8 Å². The lowest BCUT2D eigenvalue weighted by Crippen LogP contribution is -2.15. The standard InChI is InChI=1S/C12H17FN4/c13-7-1-8-15-10-12-4-2-11(3-5-12)6-9-16-17-14/h2-5,15H,1,6-10H2. The first-order valence-electron chi connectivity index (χ1n) is 5.72. The van der Waals surface area contributed by atoms with E-state index in [-0.39, 0.29) is 6.67 Å². The molecule has 17 heavy (non-hydrogen) atoms. The minimum Gasteiger partial charge on any atom is -0.313 e. The second-order valence-corrected chi connectivity index (χ2v) is 3.74. The van der Waals surface area contributed by atoms with Gasteiger partial charge in [0.2, 0.25) is 0 Å². The van der Waals surface area contributed by atoms with Gasteiger partial charge in [-0.05, 0) is 36.0 Å².